The first-order valence-electron chi connectivity index (χ1n) is 6.39. The molecule has 1 heterocycles. The molecule has 1 aromatic heterocycles. The lowest BCUT2D eigenvalue weighted by molar-refractivity contribution is 0.561. The van der Waals surface area contributed by atoms with Crippen molar-refractivity contribution >= 4 is 15.5 Å². The molecule has 0 fully saturated rings. The highest BCUT2D eigenvalue weighted by Crippen LogP contribution is 2.17. The Hall–Kier alpha value is -1.14. The second kappa shape index (κ2) is 6.86. The van der Waals surface area contributed by atoms with E-state index in [1.807, 2.05) is 31.1 Å². The molecule has 1 atom stereocenters. The van der Waals surface area contributed by atoms with Crippen molar-refractivity contribution in [2.45, 2.75) is 19.4 Å². The highest BCUT2D eigenvalue weighted by atomic mass is 32.2. The third-order valence-electron chi connectivity index (χ3n) is 3.12. The molecule has 0 saturated heterocycles. The molecule has 0 saturated carbocycles. The summed E-state index contributed by atoms with van der Waals surface area (Å²) >= 11 is 0. The van der Waals surface area contributed by atoms with Gasteiger partial charge in [0.1, 0.15) is 9.84 Å². The topological polar surface area (TPSA) is 62.3 Å². The van der Waals surface area contributed by atoms with Crippen molar-refractivity contribution in [1.29, 1.82) is 0 Å². The van der Waals surface area contributed by atoms with Crippen molar-refractivity contribution in [2.75, 3.05) is 37.5 Å². The summed E-state index contributed by atoms with van der Waals surface area (Å²) in [7, 11) is 0.862. The van der Waals surface area contributed by atoms with E-state index in [0.29, 0.717) is 6.54 Å². The minimum absolute atomic E-state index is 0.152. The van der Waals surface area contributed by atoms with Crippen molar-refractivity contribution < 1.29 is 8.42 Å². The predicted octanol–water partition coefficient (Wildman–Crippen LogP) is 1.23. The van der Waals surface area contributed by atoms with E-state index in [1.54, 1.807) is 6.20 Å². The predicted molar refractivity (Wildman–Crippen MR) is 79.3 cm³/mol. The molecule has 0 aliphatic rings. The molecular formula is C13H23N3O2S. The molecule has 0 spiro atoms. The minimum atomic E-state index is -2.93. The molecule has 19 heavy (non-hydrogen) atoms. The third kappa shape index (κ3) is 5.16. The Bertz CT molecular complexity index is 481. The Morgan fingerprint density at radius 1 is 1.42 bits per heavy atom. The number of sulfone groups is 1. The molecule has 5 nitrogen and oxygen atoms in total. The van der Waals surface area contributed by atoms with Crippen molar-refractivity contribution in [2.24, 2.45) is 0 Å². The minimum Gasteiger partial charge on any atom is -0.372 e. The number of aromatic nitrogens is 1. The van der Waals surface area contributed by atoms with Crippen LogP contribution in [0.3, 0.4) is 0 Å². The van der Waals surface area contributed by atoms with Gasteiger partial charge in [-0.3, -0.25) is 4.98 Å². The van der Waals surface area contributed by atoms with Crippen LogP contribution in [0, 0.1) is 0 Å². The smallest absolute Gasteiger partial charge is 0.149 e. The zero-order valence-electron chi connectivity index (χ0n) is 12.0. The SMILES string of the molecule is CCC(NC)c1ccc(N(C)CCS(C)(=O)=O)cn1. The van der Waals surface area contributed by atoms with Crippen LogP contribution < -0.4 is 10.2 Å². The Morgan fingerprint density at radius 3 is 2.53 bits per heavy atom. The number of anilines is 1. The second-order valence-corrected chi connectivity index (χ2v) is 7.00. The fourth-order valence-corrected chi connectivity index (χ4v) is 2.43. The Morgan fingerprint density at radius 2 is 2.11 bits per heavy atom. The van der Waals surface area contributed by atoms with Gasteiger partial charge >= 0.3 is 0 Å². The first kappa shape index (κ1) is 15.9. The van der Waals surface area contributed by atoms with Gasteiger partial charge in [0.2, 0.25) is 0 Å². The zero-order chi connectivity index (χ0) is 14.5. The molecule has 108 valence electrons. The molecule has 0 radical (unpaired) electrons. The van der Waals surface area contributed by atoms with Gasteiger partial charge in [0.05, 0.1) is 23.3 Å². The fraction of sp³-hybridized carbons (Fsp3) is 0.615. The van der Waals surface area contributed by atoms with Crippen LogP contribution in [-0.2, 0) is 9.84 Å². The molecule has 0 aliphatic heterocycles. The monoisotopic (exact) mass is 285 g/mol. The molecular weight excluding hydrogens is 262 g/mol. The summed E-state index contributed by atoms with van der Waals surface area (Å²) in [6, 6.07) is 4.22. The van der Waals surface area contributed by atoms with E-state index < -0.39 is 9.84 Å². The third-order valence-corrected chi connectivity index (χ3v) is 4.05. The van der Waals surface area contributed by atoms with Crippen LogP contribution in [0.1, 0.15) is 25.1 Å². The normalized spacial score (nSPS) is 13.3. The van der Waals surface area contributed by atoms with Crippen LogP contribution in [0.4, 0.5) is 5.69 Å². The maximum atomic E-state index is 11.1. The number of hydrogen-bond donors (Lipinski definition) is 1. The molecule has 0 amide bonds. The molecule has 1 rings (SSSR count). The Balaban J connectivity index is 2.70. The highest BCUT2D eigenvalue weighted by Gasteiger charge is 2.10. The van der Waals surface area contributed by atoms with E-state index in [-0.39, 0.29) is 11.8 Å². The summed E-state index contributed by atoms with van der Waals surface area (Å²) in [4.78, 5) is 6.33. The molecule has 1 aromatic rings. The van der Waals surface area contributed by atoms with Crippen molar-refractivity contribution in [3.8, 4) is 0 Å². The number of nitrogens with zero attached hydrogens (tertiary/aromatic N) is 2. The van der Waals surface area contributed by atoms with Crippen molar-refractivity contribution in [3.63, 3.8) is 0 Å². The number of nitrogens with one attached hydrogen (secondary N) is 1. The summed E-state index contributed by atoms with van der Waals surface area (Å²) in [5, 5.41) is 3.21. The van der Waals surface area contributed by atoms with Gasteiger partial charge < -0.3 is 10.2 Å². The number of hydrogen-bond acceptors (Lipinski definition) is 5. The lowest BCUT2D eigenvalue weighted by Crippen LogP contribution is -2.25. The van der Waals surface area contributed by atoms with E-state index >= 15 is 0 Å². The van der Waals surface area contributed by atoms with Gasteiger partial charge in [-0.2, -0.15) is 0 Å². The second-order valence-electron chi connectivity index (χ2n) is 4.74. The van der Waals surface area contributed by atoms with Crippen LogP contribution in [0.25, 0.3) is 0 Å². The lowest BCUT2D eigenvalue weighted by Gasteiger charge is -2.19. The van der Waals surface area contributed by atoms with E-state index in [2.05, 4.69) is 17.2 Å². The first-order chi connectivity index (χ1) is 8.87. The fourth-order valence-electron chi connectivity index (χ4n) is 1.82. The number of pyridine rings is 1. The van der Waals surface area contributed by atoms with Crippen molar-refractivity contribution in [1.82, 2.24) is 10.3 Å². The summed E-state index contributed by atoms with van der Waals surface area (Å²) in [6.45, 7) is 2.58. The van der Waals surface area contributed by atoms with Crippen LogP contribution >= 0.6 is 0 Å². The van der Waals surface area contributed by atoms with Gasteiger partial charge in [0.15, 0.2) is 0 Å². The lowest BCUT2D eigenvalue weighted by atomic mass is 10.1. The summed E-state index contributed by atoms with van der Waals surface area (Å²) in [5.41, 5.74) is 1.93. The Kier molecular flexibility index (Phi) is 5.75. The van der Waals surface area contributed by atoms with Gasteiger partial charge in [-0.05, 0) is 25.6 Å². The van der Waals surface area contributed by atoms with Crippen LogP contribution in [0.5, 0.6) is 0 Å². The standard InChI is InChI=1S/C13H23N3O2S/c1-5-12(14-2)13-7-6-11(10-15-13)16(3)8-9-19(4,17)18/h6-7,10,12,14H,5,8-9H2,1-4H3. The maximum Gasteiger partial charge on any atom is 0.149 e. The molecule has 0 aromatic carbocycles. The van der Waals surface area contributed by atoms with Gasteiger partial charge in [-0.1, -0.05) is 6.92 Å². The molecule has 1 N–H and O–H groups in total. The quantitative estimate of drug-likeness (QED) is 0.816. The largest absolute Gasteiger partial charge is 0.372 e. The van der Waals surface area contributed by atoms with Crippen LogP contribution in [0.15, 0.2) is 18.3 Å². The molecule has 6 heteroatoms. The average Bonchev–Trinajstić information content (AvgIpc) is 2.37. The average molecular weight is 285 g/mol. The molecule has 1 unspecified atom stereocenters. The van der Waals surface area contributed by atoms with Crippen LogP contribution in [0.2, 0.25) is 0 Å². The first-order valence-corrected chi connectivity index (χ1v) is 8.45. The van der Waals surface area contributed by atoms with E-state index in [4.69, 9.17) is 0 Å². The van der Waals surface area contributed by atoms with E-state index in [1.165, 1.54) is 6.26 Å². The Labute approximate surface area is 116 Å². The summed E-state index contributed by atoms with van der Waals surface area (Å²) in [5.74, 6) is 0.152. The zero-order valence-corrected chi connectivity index (χ0v) is 12.9. The van der Waals surface area contributed by atoms with Crippen molar-refractivity contribution in [3.05, 3.63) is 24.0 Å². The van der Waals surface area contributed by atoms with Gasteiger partial charge in [0, 0.05) is 25.9 Å². The van der Waals surface area contributed by atoms with Gasteiger partial charge in [-0.15, -0.1) is 0 Å². The summed E-state index contributed by atoms with van der Waals surface area (Å²) in [6.07, 6.45) is 4.02. The van der Waals surface area contributed by atoms with Gasteiger partial charge in [0.25, 0.3) is 0 Å². The maximum absolute atomic E-state index is 11.1. The summed E-state index contributed by atoms with van der Waals surface area (Å²) < 4.78 is 22.3. The van der Waals surface area contributed by atoms with Crippen LogP contribution in [-0.4, -0.2) is 46.1 Å². The molecule has 0 aliphatic carbocycles. The van der Waals surface area contributed by atoms with Gasteiger partial charge in [-0.25, -0.2) is 8.42 Å². The van der Waals surface area contributed by atoms with E-state index in [9.17, 15) is 8.42 Å². The highest BCUT2D eigenvalue weighted by molar-refractivity contribution is 7.90. The molecule has 0 bridgehead atoms. The van der Waals surface area contributed by atoms with E-state index in [0.717, 1.165) is 17.8 Å². The number of rotatable bonds is 7.